The maximum absolute atomic E-state index is 13.6. The zero-order valence-corrected chi connectivity index (χ0v) is 24.4. The Balaban J connectivity index is 2.41. The van der Waals surface area contributed by atoms with E-state index in [1.807, 2.05) is 57.2 Å². The van der Waals surface area contributed by atoms with Crippen molar-refractivity contribution in [2.75, 3.05) is 0 Å². The van der Waals surface area contributed by atoms with E-state index >= 15 is 0 Å². The van der Waals surface area contributed by atoms with E-state index in [1.165, 1.54) is 17.1 Å². The number of allylic oxidation sites excluding steroid dienone is 5. The second-order valence-electron chi connectivity index (χ2n) is 10.2. The predicted octanol–water partition coefficient (Wildman–Crippen LogP) is 8.24. The van der Waals surface area contributed by atoms with Gasteiger partial charge in [-0.05, 0) is 86.8 Å². The van der Waals surface area contributed by atoms with Crippen LogP contribution in [0.2, 0.25) is 0 Å². The van der Waals surface area contributed by atoms with Gasteiger partial charge in [-0.2, -0.15) is 0 Å². The van der Waals surface area contributed by atoms with Crippen molar-refractivity contribution >= 4 is 23.9 Å². The second kappa shape index (κ2) is 17.0. The molecule has 1 aromatic rings. The fourth-order valence-corrected chi connectivity index (χ4v) is 4.77. The highest BCUT2D eigenvalue weighted by Crippen LogP contribution is 2.33. The average Bonchev–Trinajstić information content (AvgIpc) is 2.97. The molecule has 8 heteroatoms. The van der Waals surface area contributed by atoms with Crippen LogP contribution in [-0.2, 0) is 16.0 Å². The van der Waals surface area contributed by atoms with Gasteiger partial charge in [0.05, 0.1) is 11.7 Å². The van der Waals surface area contributed by atoms with Crippen molar-refractivity contribution in [1.82, 2.24) is 4.90 Å². The van der Waals surface area contributed by atoms with Crippen LogP contribution in [0.3, 0.4) is 0 Å². The third kappa shape index (κ3) is 9.88. The van der Waals surface area contributed by atoms with Crippen LogP contribution in [0.1, 0.15) is 76.3 Å². The molecule has 0 fully saturated rings. The number of nitroso groups, excluding NO2 is 1. The summed E-state index contributed by atoms with van der Waals surface area (Å²) in [6.07, 6.45) is 16.7. The highest BCUT2D eigenvalue weighted by Gasteiger charge is 2.32. The minimum Gasteiger partial charge on any atom is -0.481 e. The van der Waals surface area contributed by atoms with Crippen molar-refractivity contribution in [3.8, 4) is 0 Å². The van der Waals surface area contributed by atoms with E-state index in [0.717, 1.165) is 23.1 Å². The van der Waals surface area contributed by atoms with Crippen molar-refractivity contribution in [1.29, 1.82) is 0 Å². The first-order valence-corrected chi connectivity index (χ1v) is 14.2. The quantitative estimate of drug-likeness (QED) is 0.0515. The fourth-order valence-electron chi connectivity index (χ4n) is 4.77. The van der Waals surface area contributed by atoms with Crippen LogP contribution in [0.25, 0.3) is 0 Å². The van der Waals surface area contributed by atoms with Crippen LogP contribution >= 0.6 is 0 Å². The Labute approximate surface area is 242 Å². The number of halogens is 1. The van der Waals surface area contributed by atoms with Gasteiger partial charge in [0, 0.05) is 12.8 Å². The molecule has 0 aromatic heterocycles. The molecule has 2 rings (SSSR count). The number of aliphatic imine (C=N–C) groups is 1. The molecule has 41 heavy (non-hydrogen) atoms. The third-order valence-electron chi connectivity index (χ3n) is 7.32. The van der Waals surface area contributed by atoms with Crippen LogP contribution in [0.4, 0.5) is 10.1 Å². The molecular formula is C33H42FN3O4. The number of hydrogen-bond acceptors (Lipinski definition) is 5. The van der Waals surface area contributed by atoms with E-state index in [4.69, 9.17) is 10.1 Å². The Hall–Kier alpha value is -3.94. The van der Waals surface area contributed by atoms with E-state index in [9.17, 15) is 18.9 Å². The number of carbonyl (C=O) groups excluding carboxylic acids is 1. The number of benzene rings is 1. The zero-order chi connectivity index (χ0) is 30.3. The van der Waals surface area contributed by atoms with Gasteiger partial charge >= 0.3 is 5.97 Å². The first-order valence-electron chi connectivity index (χ1n) is 14.2. The number of carboxylic acids is 1. The van der Waals surface area contributed by atoms with Crippen molar-refractivity contribution < 1.29 is 19.1 Å². The molecule has 1 aromatic carbocycles. The van der Waals surface area contributed by atoms with Gasteiger partial charge in [0.2, 0.25) is 6.41 Å². The summed E-state index contributed by atoms with van der Waals surface area (Å²) in [7, 11) is 0. The molecule has 0 bridgehead atoms. The van der Waals surface area contributed by atoms with Crippen molar-refractivity contribution in [2.45, 2.75) is 90.1 Å². The van der Waals surface area contributed by atoms with E-state index in [-0.39, 0.29) is 18.3 Å². The number of rotatable bonds is 17. The van der Waals surface area contributed by atoms with Crippen molar-refractivity contribution in [3.63, 3.8) is 0 Å². The normalized spacial score (nSPS) is 17.2. The average molecular weight is 564 g/mol. The first kappa shape index (κ1) is 33.3. The van der Waals surface area contributed by atoms with Crippen molar-refractivity contribution in [2.24, 2.45) is 10.2 Å². The molecule has 0 spiro atoms. The summed E-state index contributed by atoms with van der Waals surface area (Å²) in [5.74, 6) is -0.728. The van der Waals surface area contributed by atoms with Gasteiger partial charge in [0.1, 0.15) is 17.2 Å². The highest BCUT2D eigenvalue weighted by molar-refractivity contribution is 5.93. The predicted molar refractivity (Wildman–Crippen MR) is 164 cm³/mol. The molecule has 1 N–H and O–H groups in total. The maximum atomic E-state index is 13.6. The number of aliphatic carboxylic acids is 1. The van der Waals surface area contributed by atoms with E-state index in [1.54, 1.807) is 12.2 Å². The first-order chi connectivity index (χ1) is 19.7. The number of amidine groups is 1. The lowest BCUT2D eigenvalue weighted by atomic mass is 9.81. The lowest BCUT2D eigenvalue weighted by Crippen LogP contribution is -2.38. The number of carboxylic acid groups (broad SMARTS) is 1. The van der Waals surface area contributed by atoms with Gasteiger partial charge in [0.25, 0.3) is 0 Å². The van der Waals surface area contributed by atoms with Gasteiger partial charge in [-0.15, -0.1) is 4.91 Å². The van der Waals surface area contributed by atoms with Crippen LogP contribution in [-0.4, -0.2) is 39.8 Å². The van der Waals surface area contributed by atoms with Crippen molar-refractivity contribution in [3.05, 3.63) is 94.7 Å². The molecule has 0 aliphatic heterocycles. The maximum Gasteiger partial charge on any atom is 0.303 e. The number of nitrogens with zero attached hydrogens (tertiary/aromatic N) is 3. The van der Waals surface area contributed by atoms with Gasteiger partial charge < -0.3 is 5.11 Å². The molecule has 0 saturated carbocycles. The Kier molecular flexibility index (Phi) is 13.8. The summed E-state index contributed by atoms with van der Waals surface area (Å²) in [4.78, 5) is 41.8. The lowest BCUT2D eigenvalue weighted by molar-refractivity contribution is -0.137. The summed E-state index contributed by atoms with van der Waals surface area (Å²) >= 11 is 0. The molecule has 7 nitrogen and oxygen atoms in total. The second-order valence-corrected chi connectivity index (χ2v) is 10.2. The molecule has 220 valence electrons. The lowest BCUT2D eigenvalue weighted by Gasteiger charge is -2.28. The molecule has 1 aliphatic rings. The summed E-state index contributed by atoms with van der Waals surface area (Å²) in [6.45, 7) is 9.71. The minimum absolute atomic E-state index is 0.0276. The smallest absolute Gasteiger partial charge is 0.303 e. The summed E-state index contributed by atoms with van der Waals surface area (Å²) in [5, 5.41) is 12.6. The Morgan fingerprint density at radius 1 is 1.27 bits per heavy atom. The Bertz CT molecular complexity index is 1230. The minimum atomic E-state index is -0.895. The third-order valence-corrected chi connectivity index (χ3v) is 7.32. The Morgan fingerprint density at radius 3 is 2.61 bits per heavy atom. The van der Waals surface area contributed by atoms with Crippen LogP contribution < -0.4 is 0 Å². The number of carbonyl (C=O) groups is 2. The number of unbranched alkanes of at least 4 members (excludes halogenated alkanes) is 1. The molecule has 0 saturated heterocycles. The summed E-state index contributed by atoms with van der Waals surface area (Å²) in [6, 6.07) is 5.53. The molecule has 2 unspecified atom stereocenters. The van der Waals surface area contributed by atoms with Crippen LogP contribution in [0.5, 0.6) is 0 Å². The molecular weight excluding hydrogens is 521 g/mol. The number of hydrogen-bond donors (Lipinski definition) is 1. The topological polar surface area (TPSA) is 99.4 Å². The van der Waals surface area contributed by atoms with E-state index in [0.29, 0.717) is 62.9 Å². The SMILES string of the molecule is C=C/C=C(\C=C/CC)C(CC)(CCc1ccc(C)c(N=C(CCCCC(=O)O)N(C=O)C2C=CC(F)=CC2)c1)N=O. The Morgan fingerprint density at radius 2 is 2.02 bits per heavy atom. The summed E-state index contributed by atoms with van der Waals surface area (Å²) in [5.41, 5.74) is 2.49. The zero-order valence-electron chi connectivity index (χ0n) is 24.4. The fraction of sp³-hybridized carbons (Fsp3) is 0.424. The molecule has 0 radical (unpaired) electrons. The van der Waals surface area contributed by atoms with Gasteiger partial charge in [0.15, 0.2) is 0 Å². The monoisotopic (exact) mass is 563 g/mol. The summed E-state index contributed by atoms with van der Waals surface area (Å²) < 4.78 is 13.6. The largest absolute Gasteiger partial charge is 0.481 e. The van der Waals surface area contributed by atoms with Gasteiger partial charge in [-0.25, -0.2) is 9.38 Å². The molecule has 1 aliphatic carbocycles. The standard InChI is InChI=1S/C33H42FN3O4/c1-5-8-12-27(11-6-2)33(7-3,36-41)22-21-26-16-15-25(4)30(23-26)35-31(13-9-10-14-32(39)40)37(24-38)29-19-17-28(34)18-20-29/h6,8,11-12,15-19,23-24,29H,2,5,7,9-10,13-14,20-22H2,1,3-4H3,(H,39,40)/b12-8-,27-11+,35-31?. The molecule has 1 amide bonds. The molecule has 2 atom stereocenters. The van der Waals surface area contributed by atoms with E-state index < -0.39 is 11.5 Å². The number of aryl methyl sites for hydroxylation is 2. The van der Waals surface area contributed by atoms with Crippen LogP contribution in [0, 0.1) is 11.8 Å². The molecule has 0 heterocycles. The van der Waals surface area contributed by atoms with Gasteiger partial charge in [-0.3, -0.25) is 14.5 Å². The number of amides is 1. The van der Waals surface area contributed by atoms with Crippen LogP contribution in [0.15, 0.2) is 88.9 Å². The van der Waals surface area contributed by atoms with Gasteiger partial charge in [-0.1, -0.05) is 68.1 Å². The van der Waals surface area contributed by atoms with E-state index in [2.05, 4.69) is 11.8 Å². The highest BCUT2D eigenvalue weighted by atomic mass is 19.1.